The van der Waals surface area contributed by atoms with Crippen molar-refractivity contribution in [2.45, 2.75) is 6.10 Å². The first-order valence-electron chi connectivity index (χ1n) is 5.67. The highest BCUT2D eigenvalue weighted by molar-refractivity contribution is 5.90. The van der Waals surface area contributed by atoms with Crippen LogP contribution in [0.5, 0.6) is 0 Å². The van der Waals surface area contributed by atoms with E-state index in [4.69, 9.17) is 9.84 Å². The number of hydrogen-bond acceptors (Lipinski definition) is 3. The van der Waals surface area contributed by atoms with Crippen LogP contribution < -0.4 is 0 Å². The molecule has 18 heavy (non-hydrogen) atoms. The Morgan fingerprint density at radius 1 is 1.17 bits per heavy atom. The highest BCUT2D eigenvalue weighted by atomic mass is 16.5. The monoisotopic (exact) mass is 246 g/mol. The van der Waals surface area contributed by atoms with Gasteiger partial charge in [0.25, 0.3) is 0 Å². The lowest BCUT2D eigenvalue weighted by Crippen LogP contribution is -2.17. The topological polar surface area (TPSA) is 66.8 Å². The molecule has 4 heteroatoms. The van der Waals surface area contributed by atoms with Gasteiger partial charge >= 0.3 is 5.97 Å². The van der Waals surface area contributed by atoms with Crippen LogP contribution in [0.1, 0.15) is 11.7 Å². The van der Waals surface area contributed by atoms with Crippen LogP contribution in [0.25, 0.3) is 10.8 Å². The molecule has 0 saturated heterocycles. The predicted octanol–water partition coefficient (Wildman–Crippen LogP) is 1.97. The molecule has 2 N–H and O–H groups in total. The van der Waals surface area contributed by atoms with Gasteiger partial charge in [0.05, 0.1) is 13.2 Å². The van der Waals surface area contributed by atoms with Gasteiger partial charge in [-0.05, 0) is 16.3 Å². The first-order chi connectivity index (χ1) is 8.74. The Bertz CT molecular complexity index is 545. The zero-order valence-electron chi connectivity index (χ0n) is 9.74. The van der Waals surface area contributed by atoms with E-state index < -0.39 is 12.1 Å². The molecule has 0 amide bonds. The van der Waals surface area contributed by atoms with E-state index in [1.807, 2.05) is 30.3 Å². The van der Waals surface area contributed by atoms with Crippen LogP contribution in [0.15, 0.2) is 42.5 Å². The fraction of sp³-hybridized carbons (Fsp3) is 0.214. The number of hydrogen-bond donors (Lipinski definition) is 2. The normalized spacial score (nSPS) is 12.5. The van der Waals surface area contributed by atoms with Gasteiger partial charge in [-0.2, -0.15) is 0 Å². The van der Waals surface area contributed by atoms with Gasteiger partial charge in [0, 0.05) is 0 Å². The third kappa shape index (κ3) is 2.50. The van der Waals surface area contributed by atoms with Crippen molar-refractivity contribution >= 4 is 16.7 Å². The molecular weight excluding hydrogens is 232 g/mol. The van der Waals surface area contributed by atoms with Crippen LogP contribution in [-0.4, -0.2) is 29.4 Å². The minimum Gasteiger partial charge on any atom is -0.479 e. The van der Waals surface area contributed by atoms with Gasteiger partial charge in [-0.15, -0.1) is 0 Å². The molecule has 0 aliphatic heterocycles. The van der Waals surface area contributed by atoms with E-state index in [-0.39, 0.29) is 13.2 Å². The van der Waals surface area contributed by atoms with Gasteiger partial charge < -0.3 is 14.9 Å². The van der Waals surface area contributed by atoms with Crippen molar-refractivity contribution in [3.05, 3.63) is 48.0 Å². The van der Waals surface area contributed by atoms with Crippen molar-refractivity contribution in [1.82, 2.24) is 0 Å². The number of carbonyl (C=O) groups is 1. The Kier molecular flexibility index (Phi) is 3.92. The van der Waals surface area contributed by atoms with Gasteiger partial charge in [-0.3, -0.25) is 0 Å². The van der Waals surface area contributed by atoms with Crippen molar-refractivity contribution in [2.24, 2.45) is 0 Å². The number of aliphatic hydroxyl groups excluding tert-OH is 1. The van der Waals surface area contributed by atoms with Crippen LogP contribution in [0.2, 0.25) is 0 Å². The lowest BCUT2D eigenvalue weighted by molar-refractivity contribution is -0.151. The van der Waals surface area contributed by atoms with Crippen molar-refractivity contribution < 1.29 is 19.7 Å². The fourth-order valence-corrected chi connectivity index (χ4v) is 1.94. The first kappa shape index (κ1) is 12.5. The maximum absolute atomic E-state index is 11.2. The maximum atomic E-state index is 11.2. The number of carboxylic acids is 1. The van der Waals surface area contributed by atoms with Gasteiger partial charge in [0.2, 0.25) is 0 Å². The summed E-state index contributed by atoms with van der Waals surface area (Å²) in [7, 11) is 0. The molecule has 0 aliphatic rings. The molecule has 1 atom stereocenters. The van der Waals surface area contributed by atoms with E-state index >= 15 is 0 Å². The molecule has 0 saturated carbocycles. The SMILES string of the molecule is O=C(O)C(OCCO)c1cccc2ccccc12. The summed E-state index contributed by atoms with van der Waals surface area (Å²) in [5.74, 6) is -1.06. The predicted molar refractivity (Wildman–Crippen MR) is 67.4 cm³/mol. The molecule has 0 radical (unpaired) electrons. The average Bonchev–Trinajstić information content (AvgIpc) is 2.39. The molecule has 1 unspecified atom stereocenters. The molecule has 2 rings (SSSR count). The fourth-order valence-electron chi connectivity index (χ4n) is 1.94. The average molecular weight is 246 g/mol. The van der Waals surface area contributed by atoms with E-state index in [1.165, 1.54) is 0 Å². The summed E-state index contributed by atoms with van der Waals surface area (Å²) >= 11 is 0. The van der Waals surface area contributed by atoms with Crippen molar-refractivity contribution in [2.75, 3.05) is 13.2 Å². The van der Waals surface area contributed by atoms with E-state index in [0.717, 1.165) is 10.8 Å². The van der Waals surface area contributed by atoms with E-state index in [0.29, 0.717) is 5.56 Å². The molecule has 94 valence electrons. The number of carboxylic acid groups (broad SMARTS) is 1. The lowest BCUT2D eigenvalue weighted by Gasteiger charge is -2.15. The molecule has 2 aromatic carbocycles. The Morgan fingerprint density at radius 2 is 1.89 bits per heavy atom. The van der Waals surface area contributed by atoms with Crippen LogP contribution in [0.3, 0.4) is 0 Å². The second kappa shape index (κ2) is 5.62. The van der Waals surface area contributed by atoms with Crippen molar-refractivity contribution in [3.8, 4) is 0 Å². The number of fused-ring (bicyclic) bond motifs is 1. The number of benzene rings is 2. The molecule has 2 aromatic rings. The summed E-state index contributed by atoms with van der Waals surface area (Å²) in [6.45, 7) is -0.200. The second-order valence-electron chi connectivity index (χ2n) is 3.88. The van der Waals surface area contributed by atoms with Crippen molar-refractivity contribution in [3.63, 3.8) is 0 Å². The number of rotatable bonds is 5. The summed E-state index contributed by atoms with van der Waals surface area (Å²) < 4.78 is 5.20. The molecule has 0 heterocycles. The van der Waals surface area contributed by atoms with Gasteiger partial charge in [0.1, 0.15) is 0 Å². The van der Waals surface area contributed by atoms with Crippen LogP contribution in [-0.2, 0) is 9.53 Å². The van der Waals surface area contributed by atoms with E-state index in [9.17, 15) is 9.90 Å². The van der Waals surface area contributed by atoms with Crippen LogP contribution >= 0.6 is 0 Å². The van der Waals surface area contributed by atoms with Gasteiger partial charge in [-0.1, -0.05) is 42.5 Å². The van der Waals surface area contributed by atoms with Gasteiger partial charge in [-0.25, -0.2) is 4.79 Å². The first-order valence-corrected chi connectivity index (χ1v) is 5.67. The highest BCUT2D eigenvalue weighted by Crippen LogP contribution is 2.26. The molecule has 0 spiro atoms. The quantitative estimate of drug-likeness (QED) is 0.846. The Labute approximate surface area is 104 Å². The van der Waals surface area contributed by atoms with Crippen LogP contribution in [0, 0.1) is 0 Å². The maximum Gasteiger partial charge on any atom is 0.337 e. The second-order valence-corrected chi connectivity index (χ2v) is 3.88. The minimum absolute atomic E-state index is 0.000186. The molecule has 0 bridgehead atoms. The number of ether oxygens (including phenoxy) is 1. The van der Waals surface area contributed by atoms with E-state index in [2.05, 4.69) is 0 Å². The summed E-state index contributed by atoms with van der Waals surface area (Å²) in [4.78, 5) is 11.2. The Morgan fingerprint density at radius 3 is 2.61 bits per heavy atom. The van der Waals surface area contributed by atoms with Crippen molar-refractivity contribution in [1.29, 1.82) is 0 Å². The number of aliphatic carboxylic acids is 1. The Hall–Kier alpha value is -1.91. The molecule has 4 nitrogen and oxygen atoms in total. The standard InChI is InChI=1S/C14H14O4/c15-8-9-18-13(14(16)17)12-7-3-5-10-4-1-2-6-11(10)12/h1-7,13,15H,8-9H2,(H,16,17). The summed E-state index contributed by atoms with van der Waals surface area (Å²) in [5, 5.41) is 19.8. The highest BCUT2D eigenvalue weighted by Gasteiger charge is 2.22. The number of aliphatic hydroxyl groups is 1. The third-order valence-corrected chi connectivity index (χ3v) is 2.71. The Balaban J connectivity index is 2.46. The summed E-state index contributed by atoms with van der Waals surface area (Å²) in [6, 6.07) is 13.0. The molecule has 0 aliphatic carbocycles. The summed E-state index contributed by atoms with van der Waals surface area (Å²) in [5.41, 5.74) is 0.606. The largest absolute Gasteiger partial charge is 0.479 e. The van der Waals surface area contributed by atoms with E-state index in [1.54, 1.807) is 12.1 Å². The third-order valence-electron chi connectivity index (χ3n) is 2.71. The zero-order chi connectivity index (χ0) is 13.0. The van der Waals surface area contributed by atoms with Crippen LogP contribution in [0.4, 0.5) is 0 Å². The molecule has 0 fully saturated rings. The minimum atomic E-state index is -1.06. The summed E-state index contributed by atoms with van der Waals surface area (Å²) in [6.07, 6.45) is -1.05. The smallest absolute Gasteiger partial charge is 0.337 e. The zero-order valence-corrected chi connectivity index (χ0v) is 9.74. The molecule has 0 aromatic heterocycles. The molecular formula is C14H14O4. The lowest BCUT2D eigenvalue weighted by atomic mass is 10.0. The van der Waals surface area contributed by atoms with Gasteiger partial charge in [0.15, 0.2) is 6.10 Å².